The molecule has 26 heavy (non-hydrogen) atoms. The molecule has 0 radical (unpaired) electrons. The fourth-order valence-corrected chi connectivity index (χ4v) is 2.30. The summed E-state index contributed by atoms with van der Waals surface area (Å²) in [6.07, 6.45) is 0. The van der Waals surface area contributed by atoms with Crippen molar-refractivity contribution >= 4 is 11.8 Å². The Bertz CT molecular complexity index is 890. The number of nitrogens with zero attached hydrogens (tertiary/aromatic N) is 3. The third-order valence-electron chi connectivity index (χ3n) is 3.68. The summed E-state index contributed by atoms with van der Waals surface area (Å²) in [6.45, 7) is 5.26. The molecule has 0 fully saturated rings. The van der Waals surface area contributed by atoms with E-state index in [2.05, 4.69) is 25.9 Å². The molecule has 8 nitrogen and oxygen atoms in total. The van der Waals surface area contributed by atoms with Crippen LogP contribution in [0, 0.1) is 12.7 Å². The summed E-state index contributed by atoms with van der Waals surface area (Å²) in [7, 11) is 0. The summed E-state index contributed by atoms with van der Waals surface area (Å²) in [5, 5.41) is 13.3. The van der Waals surface area contributed by atoms with Crippen LogP contribution in [0.2, 0.25) is 0 Å². The van der Waals surface area contributed by atoms with Crippen LogP contribution in [-0.4, -0.2) is 27.2 Å². The van der Waals surface area contributed by atoms with Crippen molar-refractivity contribution in [2.24, 2.45) is 0 Å². The predicted octanol–water partition coefficient (Wildman–Crippen LogP) is 2.85. The zero-order valence-corrected chi connectivity index (χ0v) is 14.5. The van der Waals surface area contributed by atoms with Gasteiger partial charge >= 0.3 is 0 Å². The smallest absolute Gasteiger partial charge is 0.243 e. The average molecular weight is 359 g/mol. The lowest BCUT2D eigenvalue weighted by atomic mass is 10.2. The molecule has 2 atom stereocenters. The monoisotopic (exact) mass is 359 g/mol. The average Bonchev–Trinajstić information content (AvgIpc) is 3.25. The second-order valence-electron chi connectivity index (χ2n) is 5.89. The topological polar surface area (TPSA) is 106 Å². The fourth-order valence-electron chi connectivity index (χ4n) is 2.30. The maximum absolute atomic E-state index is 13.0. The van der Waals surface area contributed by atoms with E-state index in [0.717, 1.165) is 0 Å². The van der Waals surface area contributed by atoms with E-state index < -0.39 is 6.04 Å². The van der Waals surface area contributed by atoms with Crippen molar-refractivity contribution in [1.29, 1.82) is 0 Å². The summed E-state index contributed by atoms with van der Waals surface area (Å²) in [4.78, 5) is 16.5. The first-order chi connectivity index (χ1) is 12.4. The number of hydrogen-bond acceptors (Lipinski definition) is 7. The maximum Gasteiger partial charge on any atom is 0.243 e. The molecule has 3 aromatic rings. The minimum Gasteiger partial charge on any atom is -0.338 e. The number of halogens is 1. The highest BCUT2D eigenvalue weighted by Gasteiger charge is 2.21. The third-order valence-corrected chi connectivity index (χ3v) is 3.68. The van der Waals surface area contributed by atoms with E-state index in [-0.39, 0.29) is 23.7 Å². The molecule has 0 aliphatic rings. The number of rotatable bonds is 6. The Morgan fingerprint density at radius 2 is 1.88 bits per heavy atom. The summed E-state index contributed by atoms with van der Waals surface area (Å²) < 4.78 is 23.2. The van der Waals surface area contributed by atoms with Crippen LogP contribution in [0.5, 0.6) is 0 Å². The number of aryl methyl sites for hydroxylation is 1. The van der Waals surface area contributed by atoms with E-state index in [1.807, 2.05) is 0 Å². The zero-order valence-electron chi connectivity index (χ0n) is 14.5. The number of amides is 1. The standard InChI is InChI=1S/C17H18FN5O3/c1-9-8-14(25-22-9)20-16(24)10(2)19-11(3)17-21-15(23-26-17)12-4-6-13(18)7-5-12/h4-8,10-11,19H,1-3H3,(H,20,24)/t10-,11-/m1/s1. The Morgan fingerprint density at radius 1 is 1.15 bits per heavy atom. The molecular formula is C17H18FN5O3. The van der Waals surface area contributed by atoms with E-state index in [1.165, 1.54) is 12.1 Å². The number of carbonyl (C=O) groups is 1. The zero-order chi connectivity index (χ0) is 18.7. The number of hydrogen-bond donors (Lipinski definition) is 2. The van der Waals surface area contributed by atoms with Gasteiger partial charge in [-0.15, -0.1) is 0 Å². The molecule has 2 heterocycles. The van der Waals surface area contributed by atoms with Gasteiger partial charge in [0.15, 0.2) is 0 Å². The van der Waals surface area contributed by atoms with Crippen LogP contribution >= 0.6 is 0 Å². The normalized spacial score (nSPS) is 13.4. The van der Waals surface area contributed by atoms with Gasteiger partial charge in [-0.25, -0.2) is 4.39 Å². The Kier molecular flexibility index (Phi) is 5.08. The SMILES string of the molecule is Cc1cc(NC(=O)[C@@H](C)N[C@H](C)c2nc(-c3ccc(F)cc3)no2)on1. The van der Waals surface area contributed by atoms with Gasteiger partial charge in [0.25, 0.3) is 0 Å². The van der Waals surface area contributed by atoms with Gasteiger partial charge in [0.1, 0.15) is 5.82 Å². The molecule has 2 aromatic heterocycles. The lowest BCUT2D eigenvalue weighted by Gasteiger charge is -2.16. The predicted molar refractivity (Wildman–Crippen MR) is 90.6 cm³/mol. The highest BCUT2D eigenvalue weighted by atomic mass is 19.1. The molecule has 1 amide bonds. The van der Waals surface area contributed by atoms with Gasteiger partial charge < -0.3 is 9.05 Å². The molecule has 1 aromatic carbocycles. The first kappa shape index (κ1) is 17.7. The molecule has 9 heteroatoms. The Labute approximate surface area is 148 Å². The number of nitrogens with one attached hydrogen (secondary N) is 2. The lowest BCUT2D eigenvalue weighted by molar-refractivity contribution is -0.118. The van der Waals surface area contributed by atoms with Crippen molar-refractivity contribution in [2.75, 3.05) is 5.32 Å². The quantitative estimate of drug-likeness (QED) is 0.697. The largest absolute Gasteiger partial charge is 0.338 e. The molecule has 2 N–H and O–H groups in total. The van der Waals surface area contributed by atoms with E-state index in [4.69, 9.17) is 9.05 Å². The van der Waals surface area contributed by atoms with Gasteiger partial charge in [-0.05, 0) is 45.0 Å². The number of benzene rings is 1. The second-order valence-corrected chi connectivity index (χ2v) is 5.89. The molecule has 0 aliphatic carbocycles. The Morgan fingerprint density at radius 3 is 2.54 bits per heavy atom. The summed E-state index contributed by atoms with van der Waals surface area (Å²) in [5.41, 5.74) is 1.31. The third kappa shape index (κ3) is 4.12. The molecule has 0 saturated heterocycles. The molecule has 0 spiro atoms. The van der Waals surface area contributed by atoms with Crippen molar-refractivity contribution in [3.63, 3.8) is 0 Å². The molecule has 0 aliphatic heterocycles. The van der Waals surface area contributed by atoms with Gasteiger partial charge in [-0.3, -0.25) is 15.4 Å². The van der Waals surface area contributed by atoms with Crippen molar-refractivity contribution in [3.05, 3.63) is 47.7 Å². The molecule has 136 valence electrons. The lowest BCUT2D eigenvalue weighted by Crippen LogP contribution is -2.39. The minimum atomic E-state index is -0.545. The molecule has 0 unspecified atom stereocenters. The Balaban J connectivity index is 1.61. The highest BCUT2D eigenvalue weighted by Crippen LogP contribution is 2.19. The van der Waals surface area contributed by atoms with Crippen molar-refractivity contribution in [3.8, 4) is 11.4 Å². The molecule has 0 saturated carbocycles. The summed E-state index contributed by atoms with van der Waals surface area (Å²) in [5.74, 6) is 0.327. The number of aromatic nitrogens is 3. The first-order valence-electron chi connectivity index (χ1n) is 8.02. The highest BCUT2D eigenvalue weighted by molar-refractivity contribution is 5.93. The summed E-state index contributed by atoms with van der Waals surface area (Å²) >= 11 is 0. The molecular weight excluding hydrogens is 341 g/mol. The van der Waals surface area contributed by atoms with E-state index in [0.29, 0.717) is 23.0 Å². The number of carbonyl (C=O) groups excluding carboxylic acids is 1. The van der Waals surface area contributed by atoms with Crippen LogP contribution in [-0.2, 0) is 4.79 Å². The van der Waals surface area contributed by atoms with E-state index >= 15 is 0 Å². The molecule has 0 bridgehead atoms. The van der Waals surface area contributed by atoms with Crippen LogP contribution in [0.3, 0.4) is 0 Å². The minimum absolute atomic E-state index is 0.283. The van der Waals surface area contributed by atoms with Gasteiger partial charge in [-0.1, -0.05) is 10.3 Å². The second kappa shape index (κ2) is 7.44. The van der Waals surface area contributed by atoms with Crippen molar-refractivity contribution < 1.29 is 18.2 Å². The van der Waals surface area contributed by atoms with E-state index in [9.17, 15) is 9.18 Å². The fraction of sp³-hybridized carbons (Fsp3) is 0.294. The first-order valence-corrected chi connectivity index (χ1v) is 8.02. The van der Waals surface area contributed by atoms with Crippen LogP contribution in [0.25, 0.3) is 11.4 Å². The van der Waals surface area contributed by atoms with Crippen molar-refractivity contribution in [1.82, 2.24) is 20.6 Å². The Hall–Kier alpha value is -3.07. The van der Waals surface area contributed by atoms with Crippen LogP contribution in [0.4, 0.5) is 10.3 Å². The van der Waals surface area contributed by atoms with Gasteiger partial charge in [0.05, 0.1) is 17.8 Å². The van der Waals surface area contributed by atoms with Crippen molar-refractivity contribution in [2.45, 2.75) is 32.9 Å². The van der Waals surface area contributed by atoms with Crippen LogP contribution in [0.1, 0.15) is 31.5 Å². The maximum atomic E-state index is 13.0. The molecule has 3 rings (SSSR count). The van der Waals surface area contributed by atoms with Gasteiger partial charge in [0, 0.05) is 11.6 Å². The van der Waals surface area contributed by atoms with Gasteiger partial charge in [0.2, 0.25) is 23.5 Å². The number of anilines is 1. The van der Waals surface area contributed by atoms with Gasteiger partial charge in [-0.2, -0.15) is 4.98 Å². The van der Waals surface area contributed by atoms with E-state index in [1.54, 1.807) is 39.0 Å². The van der Waals surface area contributed by atoms with Crippen LogP contribution < -0.4 is 10.6 Å². The summed E-state index contributed by atoms with van der Waals surface area (Å²) in [6, 6.07) is 6.50. The van der Waals surface area contributed by atoms with Crippen LogP contribution in [0.15, 0.2) is 39.4 Å².